The van der Waals surface area contributed by atoms with Crippen molar-refractivity contribution in [3.8, 4) is 22.1 Å². The quantitative estimate of drug-likeness (QED) is 0.408. The van der Waals surface area contributed by atoms with Gasteiger partial charge in [0.2, 0.25) is 0 Å². The van der Waals surface area contributed by atoms with E-state index in [1.807, 2.05) is 24.5 Å². The average Bonchev–Trinajstić information content (AvgIpc) is 3.28. The molecule has 3 rings (SSSR count). The van der Waals surface area contributed by atoms with Crippen LogP contribution in [-0.2, 0) is 9.53 Å². The third-order valence-corrected chi connectivity index (χ3v) is 5.69. The minimum absolute atomic E-state index is 0.141. The van der Waals surface area contributed by atoms with Crippen LogP contribution in [0.15, 0.2) is 52.7 Å². The highest BCUT2D eigenvalue weighted by atomic mass is 32.2. The normalized spacial score (nSPS) is 10.4. The molecule has 1 N–H and O–H groups in total. The van der Waals surface area contributed by atoms with Crippen LogP contribution in [0.5, 0.6) is 11.5 Å². The van der Waals surface area contributed by atoms with E-state index in [4.69, 9.17) is 14.2 Å². The van der Waals surface area contributed by atoms with E-state index < -0.39 is 18.5 Å². The summed E-state index contributed by atoms with van der Waals surface area (Å²) in [5.74, 6) is 0.0875. The fourth-order valence-electron chi connectivity index (χ4n) is 2.55. The summed E-state index contributed by atoms with van der Waals surface area (Å²) in [7, 11) is 3.11. The number of carbonyl (C=O) groups is 2. The molecule has 0 aliphatic carbocycles. The Bertz CT molecular complexity index is 1030. The van der Waals surface area contributed by atoms with Crippen molar-refractivity contribution in [1.82, 2.24) is 4.98 Å². The largest absolute Gasteiger partial charge is 0.493 e. The molecule has 30 heavy (non-hydrogen) atoms. The third-order valence-electron chi connectivity index (χ3n) is 4.05. The van der Waals surface area contributed by atoms with Crippen LogP contribution in [0.1, 0.15) is 10.5 Å². The van der Waals surface area contributed by atoms with Gasteiger partial charge in [-0.3, -0.25) is 4.79 Å². The lowest BCUT2D eigenvalue weighted by Crippen LogP contribution is -2.21. The van der Waals surface area contributed by atoms with Crippen LogP contribution in [0.3, 0.4) is 0 Å². The maximum Gasteiger partial charge on any atom is 0.358 e. The van der Waals surface area contributed by atoms with Crippen LogP contribution in [0.25, 0.3) is 10.6 Å². The number of amides is 1. The number of esters is 1. The second-order valence-electron chi connectivity index (χ2n) is 5.96. The number of rotatable bonds is 8. The van der Waals surface area contributed by atoms with E-state index in [9.17, 15) is 9.59 Å². The molecular formula is C21H20N2O5S2. The second kappa shape index (κ2) is 10.1. The van der Waals surface area contributed by atoms with E-state index in [1.54, 1.807) is 55.6 Å². The molecule has 0 spiro atoms. The van der Waals surface area contributed by atoms with E-state index >= 15 is 0 Å². The molecule has 1 heterocycles. The summed E-state index contributed by atoms with van der Waals surface area (Å²) >= 11 is 2.90. The summed E-state index contributed by atoms with van der Waals surface area (Å²) in [5.41, 5.74) is 1.56. The van der Waals surface area contributed by atoms with Gasteiger partial charge < -0.3 is 19.5 Å². The molecule has 0 aliphatic rings. The summed E-state index contributed by atoms with van der Waals surface area (Å²) in [6.45, 7) is -0.396. The van der Waals surface area contributed by atoms with Crippen molar-refractivity contribution in [3.05, 3.63) is 53.5 Å². The lowest BCUT2D eigenvalue weighted by molar-refractivity contribution is -0.119. The Morgan fingerprint density at radius 1 is 1.07 bits per heavy atom. The molecule has 9 heteroatoms. The minimum Gasteiger partial charge on any atom is -0.493 e. The van der Waals surface area contributed by atoms with Gasteiger partial charge in [0.25, 0.3) is 5.91 Å². The zero-order chi connectivity index (χ0) is 21.5. The number of nitrogens with one attached hydrogen (secondary N) is 1. The third kappa shape index (κ3) is 5.31. The van der Waals surface area contributed by atoms with Gasteiger partial charge in [-0.15, -0.1) is 23.1 Å². The molecule has 7 nitrogen and oxygen atoms in total. The molecule has 156 valence electrons. The first-order valence-corrected chi connectivity index (χ1v) is 10.9. The van der Waals surface area contributed by atoms with Crippen molar-refractivity contribution in [2.24, 2.45) is 0 Å². The lowest BCUT2D eigenvalue weighted by Gasteiger charge is -2.08. The summed E-state index contributed by atoms with van der Waals surface area (Å²) in [5, 5.41) is 4.90. The van der Waals surface area contributed by atoms with Crippen LogP contribution in [-0.4, -0.2) is 43.9 Å². The number of hydrogen-bond donors (Lipinski definition) is 1. The Hall–Kier alpha value is -3.04. The number of ether oxygens (including phenoxy) is 3. The highest BCUT2D eigenvalue weighted by Gasteiger charge is 2.16. The number of thiazole rings is 1. The van der Waals surface area contributed by atoms with Crippen molar-refractivity contribution >= 4 is 40.7 Å². The number of thioether (sulfide) groups is 1. The predicted molar refractivity (Wildman–Crippen MR) is 118 cm³/mol. The maximum atomic E-state index is 12.2. The smallest absolute Gasteiger partial charge is 0.358 e. The van der Waals surface area contributed by atoms with Gasteiger partial charge in [0.15, 0.2) is 23.8 Å². The monoisotopic (exact) mass is 444 g/mol. The topological polar surface area (TPSA) is 86.8 Å². The fraction of sp³-hybridized carbons (Fsp3) is 0.190. The Labute approximate surface area is 182 Å². The Kier molecular flexibility index (Phi) is 7.31. The first-order chi connectivity index (χ1) is 14.5. The van der Waals surface area contributed by atoms with E-state index in [1.165, 1.54) is 11.3 Å². The summed E-state index contributed by atoms with van der Waals surface area (Å²) in [4.78, 5) is 29.7. The molecule has 3 aromatic rings. The van der Waals surface area contributed by atoms with Crippen LogP contribution in [0.2, 0.25) is 0 Å². The van der Waals surface area contributed by atoms with Crippen molar-refractivity contribution in [2.45, 2.75) is 4.90 Å². The zero-order valence-electron chi connectivity index (χ0n) is 16.6. The standard InChI is InChI=1S/C21H20N2O5S2/c1-26-17-9-4-13(10-18(17)27-2)20-23-16(12-30-20)21(25)28-11-19(24)22-14-5-7-15(29-3)8-6-14/h4-10,12H,11H2,1-3H3,(H,22,24). The summed E-state index contributed by atoms with van der Waals surface area (Å²) < 4.78 is 15.6. The molecule has 0 saturated heterocycles. The SMILES string of the molecule is COc1ccc(-c2nc(C(=O)OCC(=O)Nc3ccc(SC)cc3)cs2)cc1OC. The van der Waals surface area contributed by atoms with Gasteiger partial charge in [-0.25, -0.2) is 9.78 Å². The van der Waals surface area contributed by atoms with Gasteiger partial charge >= 0.3 is 5.97 Å². The van der Waals surface area contributed by atoms with Gasteiger partial charge in [0.1, 0.15) is 5.01 Å². The van der Waals surface area contributed by atoms with Gasteiger partial charge in [-0.2, -0.15) is 0 Å². The number of carbonyl (C=O) groups excluding carboxylic acids is 2. The number of nitrogens with zero attached hydrogens (tertiary/aromatic N) is 1. The number of anilines is 1. The molecule has 0 saturated carbocycles. The van der Waals surface area contributed by atoms with Gasteiger partial charge in [0.05, 0.1) is 14.2 Å². The van der Waals surface area contributed by atoms with Gasteiger partial charge in [-0.05, 0) is 48.7 Å². The van der Waals surface area contributed by atoms with Crippen LogP contribution in [0.4, 0.5) is 5.69 Å². The molecule has 2 aromatic carbocycles. The van der Waals surface area contributed by atoms with Gasteiger partial charge in [-0.1, -0.05) is 0 Å². The van der Waals surface area contributed by atoms with E-state index in [2.05, 4.69) is 10.3 Å². The van der Waals surface area contributed by atoms with Crippen molar-refractivity contribution < 1.29 is 23.8 Å². The van der Waals surface area contributed by atoms with E-state index in [-0.39, 0.29) is 5.69 Å². The fourth-order valence-corrected chi connectivity index (χ4v) is 3.74. The highest BCUT2D eigenvalue weighted by molar-refractivity contribution is 7.98. The van der Waals surface area contributed by atoms with Crippen LogP contribution < -0.4 is 14.8 Å². The first kappa shape index (κ1) is 21.7. The molecule has 0 fully saturated rings. The number of methoxy groups -OCH3 is 2. The molecular weight excluding hydrogens is 424 g/mol. The zero-order valence-corrected chi connectivity index (χ0v) is 18.3. The maximum absolute atomic E-state index is 12.2. The lowest BCUT2D eigenvalue weighted by atomic mass is 10.2. The van der Waals surface area contributed by atoms with Crippen molar-refractivity contribution in [3.63, 3.8) is 0 Å². The predicted octanol–water partition coefficient (Wildman–Crippen LogP) is 4.34. The highest BCUT2D eigenvalue weighted by Crippen LogP contribution is 2.33. The molecule has 0 atom stereocenters. The molecule has 0 radical (unpaired) electrons. The second-order valence-corrected chi connectivity index (χ2v) is 7.70. The Morgan fingerprint density at radius 2 is 1.80 bits per heavy atom. The Morgan fingerprint density at radius 3 is 2.47 bits per heavy atom. The van der Waals surface area contributed by atoms with Gasteiger partial charge in [0, 0.05) is 21.5 Å². The molecule has 1 amide bonds. The molecule has 0 bridgehead atoms. The average molecular weight is 445 g/mol. The minimum atomic E-state index is -0.661. The molecule has 1 aromatic heterocycles. The van der Waals surface area contributed by atoms with Crippen LogP contribution >= 0.6 is 23.1 Å². The number of benzene rings is 2. The van der Waals surface area contributed by atoms with Crippen molar-refractivity contribution in [2.75, 3.05) is 32.4 Å². The first-order valence-electron chi connectivity index (χ1n) is 8.83. The molecule has 0 unspecified atom stereocenters. The van der Waals surface area contributed by atoms with E-state index in [0.29, 0.717) is 22.2 Å². The van der Waals surface area contributed by atoms with Crippen LogP contribution in [0, 0.1) is 0 Å². The van der Waals surface area contributed by atoms with E-state index in [0.717, 1.165) is 10.5 Å². The van der Waals surface area contributed by atoms with Crippen molar-refractivity contribution in [1.29, 1.82) is 0 Å². The summed E-state index contributed by atoms with van der Waals surface area (Å²) in [6, 6.07) is 12.8. The summed E-state index contributed by atoms with van der Waals surface area (Å²) in [6.07, 6.45) is 1.97. The number of hydrogen-bond acceptors (Lipinski definition) is 8. The molecule has 0 aliphatic heterocycles. The number of aromatic nitrogens is 1. The Balaban J connectivity index is 1.59.